The molecule has 1 aromatic heterocycles. The van der Waals surface area contributed by atoms with Crippen LogP contribution in [0.4, 0.5) is 0 Å². The van der Waals surface area contributed by atoms with E-state index in [0.717, 1.165) is 16.5 Å². The van der Waals surface area contributed by atoms with Crippen molar-refractivity contribution < 1.29 is 5.11 Å². The van der Waals surface area contributed by atoms with Crippen LogP contribution in [0.15, 0.2) is 36.5 Å². The zero-order chi connectivity index (χ0) is 11.6. The second-order valence-corrected chi connectivity index (χ2v) is 4.23. The quantitative estimate of drug-likeness (QED) is 0.678. The van der Waals surface area contributed by atoms with Gasteiger partial charge in [-0.05, 0) is 26.0 Å². The van der Waals surface area contributed by atoms with Crippen molar-refractivity contribution in [2.24, 2.45) is 0 Å². The predicted molar refractivity (Wildman–Crippen MR) is 64.9 cm³/mol. The number of para-hydroxylation sites is 1. The fourth-order valence-corrected chi connectivity index (χ4v) is 1.36. The van der Waals surface area contributed by atoms with E-state index in [1.807, 2.05) is 30.3 Å². The van der Waals surface area contributed by atoms with E-state index in [2.05, 4.69) is 16.8 Å². The topological polar surface area (TPSA) is 33.1 Å². The number of aliphatic hydroxyl groups is 1. The third-order valence-corrected chi connectivity index (χ3v) is 2.10. The van der Waals surface area contributed by atoms with Gasteiger partial charge < -0.3 is 5.11 Å². The largest absolute Gasteiger partial charge is 0.378 e. The molecule has 0 amide bonds. The lowest BCUT2D eigenvalue weighted by Crippen LogP contribution is -2.14. The second kappa shape index (κ2) is 3.96. The zero-order valence-corrected chi connectivity index (χ0v) is 9.36. The summed E-state index contributed by atoms with van der Waals surface area (Å²) in [7, 11) is 0. The van der Waals surface area contributed by atoms with Crippen LogP contribution in [0.3, 0.4) is 0 Å². The van der Waals surface area contributed by atoms with Gasteiger partial charge in [0.1, 0.15) is 5.60 Å². The van der Waals surface area contributed by atoms with Crippen LogP contribution in [0, 0.1) is 11.8 Å². The molecule has 0 unspecified atom stereocenters. The smallest absolute Gasteiger partial charge is 0.120 e. The number of fused-ring (bicyclic) bond motifs is 1. The molecule has 16 heavy (non-hydrogen) atoms. The number of pyridine rings is 1. The number of nitrogens with zero attached hydrogens (tertiary/aromatic N) is 1. The molecule has 2 heteroatoms. The van der Waals surface area contributed by atoms with E-state index in [4.69, 9.17) is 0 Å². The highest BCUT2D eigenvalue weighted by Gasteiger charge is 2.05. The van der Waals surface area contributed by atoms with Crippen LogP contribution >= 0.6 is 0 Å². The second-order valence-electron chi connectivity index (χ2n) is 4.23. The van der Waals surface area contributed by atoms with Crippen molar-refractivity contribution in [3.63, 3.8) is 0 Å². The van der Waals surface area contributed by atoms with Gasteiger partial charge in [0.15, 0.2) is 0 Å². The number of hydrogen-bond donors (Lipinski definition) is 1. The van der Waals surface area contributed by atoms with Gasteiger partial charge in [0, 0.05) is 17.1 Å². The monoisotopic (exact) mass is 211 g/mol. The van der Waals surface area contributed by atoms with Crippen molar-refractivity contribution >= 4 is 10.9 Å². The highest BCUT2D eigenvalue weighted by molar-refractivity contribution is 5.79. The normalized spacial score (nSPS) is 10.9. The maximum Gasteiger partial charge on any atom is 0.120 e. The lowest BCUT2D eigenvalue weighted by atomic mass is 10.1. The van der Waals surface area contributed by atoms with Gasteiger partial charge >= 0.3 is 0 Å². The van der Waals surface area contributed by atoms with Crippen LogP contribution in [0.1, 0.15) is 19.4 Å². The first-order valence-corrected chi connectivity index (χ1v) is 5.15. The number of hydrogen-bond acceptors (Lipinski definition) is 2. The lowest BCUT2D eigenvalue weighted by molar-refractivity contribution is 0.143. The first-order valence-electron chi connectivity index (χ1n) is 5.15. The molecule has 1 aromatic carbocycles. The Morgan fingerprint density at radius 1 is 1.25 bits per heavy atom. The van der Waals surface area contributed by atoms with Crippen molar-refractivity contribution in [2.45, 2.75) is 19.4 Å². The lowest BCUT2D eigenvalue weighted by Gasteiger charge is -2.05. The molecule has 0 radical (unpaired) electrons. The number of rotatable bonds is 0. The Morgan fingerprint density at radius 3 is 2.75 bits per heavy atom. The summed E-state index contributed by atoms with van der Waals surface area (Å²) in [6, 6.07) is 9.86. The molecule has 0 spiro atoms. The fraction of sp³-hybridized carbons (Fsp3) is 0.214. The molecular formula is C14H13NO. The Kier molecular flexibility index (Phi) is 2.64. The number of aromatic nitrogens is 1. The highest BCUT2D eigenvalue weighted by atomic mass is 16.3. The van der Waals surface area contributed by atoms with Crippen LogP contribution in [-0.2, 0) is 0 Å². The maximum absolute atomic E-state index is 9.50. The third-order valence-electron chi connectivity index (χ3n) is 2.10. The van der Waals surface area contributed by atoms with E-state index in [1.54, 1.807) is 20.0 Å². The molecule has 0 aliphatic rings. The van der Waals surface area contributed by atoms with Crippen LogP contribution in [0.25, 0.3) is 10.9 Å². The van der Waals surface area contributed by atoms with Crippen LogP contribution in [0.2, 0.25) is 0 Å². The molecule has 2 nitrogen and oxygen atoms in total. The van der Waals surface area contributed by atoms with Gasteiger partial charge in [-0.2, -0.15) is 0 Å². The van der Waals surface area contributed by atoms with Crippen molar-refractivity contribution in [3.8, 4) is 11.8 Å². The van der Waals surface area contributed by atoms with Gasteiger partial charge in [0.05, 0.1) is 5.52 Å². The van der Waals surface area contributed by atoms with E-state index < -0.39 is 5.60 Å². The minimum absolute atomic E-state index is 0.820. The van der Waals surface area contributed by atoms with E-state index in [0.29, 0.717) is 0 Å². The average Bonchev–Trinajstić information content (AvgIpc) is 2.25. The third kappa shape index (κ3) is 2.59. The molecule has 0 saturated heterocycles. The predicted octanol–water partition coefficient (Wildman–Crippen LogP) is 2.36. The minimum atomic E-state index is -0.967. The SMILES string of the molecule is CC(C)(O)C#Cc1cnc2ccccc2c1. The molecule has 0 aliphatic heterocycles. The zero-order valence-electron chi connectivity index (χ0n) is 9.36. The summed E-state index contributed by atoms with van der Waals surface area (Å²) in [5, 5.41) is 10.6. The van der Waals surface area contributed by atoms with Crippen molar-refractivity contribution in [3.05, 3.63) is 42.1 Å². The van der Waals surface area contributed by atoms with Crippen molar-refractivity contribution in [1.82, 2.24) is 4.98 Å². The molecular weight excluding hydrogens is 198 g/mol. The molecule has 0 aliphatic carbocycles. The van der Waals surface area contributed by atoms with E-state index in [1.165, 1.54) is 0 Å². The van der Waals surface area contributed by atoms with Gasteiger partial charge in [-0.1, -0.05) is 30.0 Å². The Balaban J connectivity index is 2.43. The summed E-state index contributed by atoms with van der Waals surface area (Å²) in [6.07, 6.45) is 1.72. The Morgan fingerprint density at radius 2 is 2.00 bits per heavy atom. The van der Waals surface area contributed by atoms with Gasteiger partial charge in [0.25, 0.3) is 0 Å². The molecule has 1 heterocycles. The Bertz CT molecular complexity index is 570. The van der Waals surface area contributed by atoms with Crippen LogP contribution < -0.4 is 0 Å². The highest BCUT2D eigenvalue weighted by Crippen LogP contribution is 2.12. The average molecular weight is 211 g/mol. The standard InChI is InChI=1S/C14H13NO/c1-14(2,16)8-7-11-9-12-5-3-4-6-13(12)15-10-11/h3-6,9-10,16H,1-2H3. The molecule has 0 bridgehead atoms. The van der Waals surface area contributed by atoms with Crippen LogP contribution in [-0.4, -0.2) is 15.7 Å². The van der Waals surface area contributed by atoms with Gasteiger partial charge in [-0.15, -0.1) is 0 Å². The Hall–Kier alpha value is -1.85. The van der Waals surface area contributed by atoms with Crippen molar-refractivity contribution in [1.29, 1.82) is 0 Å². The summed E-state index contributed by atoms with van der Waals surface area (Å²) in [5.41, 5.74) is 0.809. The first kappa shape index (κ1) is 10.7. The van der Waals surface area contributed by atoms with Gasteiger partial charge in [0.2, 0.25) is 0 Å². The molecule has 0 saturated carbocycles. The first-order chi connectivity index (χ1) is 7.54. The van der Waals surface area contributed by atoms with Gasteiger partial charge in [-0.3, -0.25) is 4.98 Å². The summed E-state index contributed by atoms with van der Waals surface area (Å²) < 4.78 is 0. The summed E-state index contributed by atoms with van der Waals surface area (Å²) in [4.78, 5) is 4.30. The fourth-order valence-electron chi connectivity index (χ4n) is 1.36. The summed E-state index contributed by atoms with van der Waals surface area (Å²) >= 11 is 0. The molecule has 2 rings (SSSR count). The molecule has 2 aromatic rings. The minimum Gasteiger partial charge on any atom is -0.378 e. The molecule has 80 valence electrons. The van der Waals surface area contributed by atoms with Crippen LogP contribution in [0.5, 0.6) is 0 Å². The van der Waals surface area contributed by atoms with E-state index in [-0.39, 0.29) is 0 Å². The Labute approximate surface area is 95.0 Å². The summed E-state index contributed by atoms with van der Waals surface area (Å²) in [5.74, 6) is 5.68. The van der Waals surface area contributed by atoms with E-state index in [9.17, 15) is 5.11 Å². The number of benzene rings is 1. The van der Waals surface area contributed by atoms with E-state index >= 15 is 0 Å². The maximum atomic E-state index is 9.50. The summed E-state index contributed by atoms with van der Waals surface area (Å²) in [6.45, 7) is 3.32. The molecule has 1 N–H and O–H groups in total. The van der Waals surface area contributed by atoms with Gasteiger partial charge in [-0.25, -0.2) is 0 Å². The van der Waals surface area contributed by atoms with Crippen molar-refractivity contribution in [2.75, 3.05) is 0 Å². The molecule has 0 fully saturated rings. The molecule has 0 atom stereocenters.